The average Bonchev–Trinajstić information content (AvgIpc) is 3.30. The molecule has 0 saturated heterocycles. The van der Waals surface area contributed by atoms with E-state index in [4.69, 9.17) is 21.8 Å². The van der Waals surface area contributed by atoms with Crippen molar-refractivity contribution in [1.82, 2.24) is 19.3 Å². The second-order valence-electron chi connectivity index (χ2n) is 6.73. The number of halogens is 1. The third-order valence-electron chi connectivity index (χ3n) is 4.61. The lowest BCUT2D eigenvalue weighted by Crippen LogP contribution is -2.47. The largest absolute Gasteiger partial charge is 0.433 e. The molecule has 3 aromatic heterocycles. The first-order valence-corrected chi connectivity index (χ1v) is 11.3. The molecule has 3 aromatic rings. The molecule has 1 aliphatic heterocycles. The smallest absolute Gasteiger partial charge is 0.237 e. The molecular weight excluding hydrogens is 432 g/mol. The number of nitrogens with two attached hydrogens (primary N) is 1. The first kappa shape index (κ1) is 20.0. The Morgan fingerprint density at radius 1 is 1.45 bits per heavy atom. The molecule has 152 valence electrons. The van der Waals surface area contributed by atoms with Gasteiger partial charge in [0, 0.05) is 19.4 Å². The van der Waals surface area contributed by atoms with Crippen molar-refractivity contribution in [3.05, 3.63) is 40.3 Å². The third-order valence-corrected chi connectivity index (χ3v) is 8.00. The fourth-order valence-electron chi connectivity index (χ4n) is 3.07. The predicted octanol–water partition coefficient (Wildman–Crippen LogP) is 3.21. The van der Waals surface area contributed by atoms with Gasteiger partial charge in [-0.3, -0.25) is 9.29 Å². The fourth-order valence-corrected chi connectivity index (χ4v) is 5.85. The molecule has 0 fully saturated rings. The minimum atomic E-state index is -1.28. The Morgan fingerprint density at radius 3 is 2.90 bits per heavy atom. The van der Waals surface area contributed by atoms with Crippen molar-refractivity contribution in [1.29, 1.82) is 0 Å². The van der Waals surface area contributed by atoms with Gasteiger partial charge in [-0.1, -0.05) is 18.5 Å². The molecule has 4 heterocycles. The van der Waals surface area contributed by atoms with E-state index in [0.717, 1.165) is 15.4 Å². The zero-order valence-electron chi connectivity index (χ0n) is 16.0. The lowest BCUT2D eigenvalue weighted by atomic mass is 10.0. The average molecular weight is 451 g/mol. The zero-order valence-corrected chi connectivity index (χ0v) is 18.4. The van der Waals surface area contributed by atoms with Crippen molar-refractivity contribution in [3.8, 4) is 22.2 Å². The first-order valence-electron chi connectivity index (χ1n) is 8.86. The summed E-state index contributed by atoms with van der Waals surface area (Å²) < 4.78 is 19.9. The lowest BCUT2D eigenvalue weighted by molar-refractivity contribution is 0.524. The molecule has 2 unspecified atom stereocenters. The number of rotatable bonds is 4. The van der Waals surface area contributed by atoms with Crippen LogP contribution in [-0.2, 0) is 22.9 Å². The highest BCUT2D eigenvalue weighted by Crippen LogP contribution is 2.44. The molecule has 2 atom stereocenters. The molecule has 0 radical (unpaired) electrons. The molecule has 0 aliphatic carbocycles. The number of thiophene rings is 1. The standard InChI is InChI=1S/C18H19ClN6O2S2/c1-4-11-14(12-8-21-5-6-22-12)27-16(23-11)13-7-10(19)15(28-13)18(2)9-29(26)25(3)17(20)24-18/h5-8H,4,9H2,1-3H3,(H2,20,24). The molecule has 0 aromatic carbocycles. The van der Waals surface area contributed by atoms with Gasteiger partial charge in [-0.05, 0) is 19.4 Å². The van der Waals surface area contributed by atoms with Gasteiger partial charge in [-0.2, -0.15) is 0 Å². The summed E-state index contributed by atoms with van der Waals surface area (Å²) in [5.41, 5.74) is 6.59. The van der Waals surface area contributed by atoms with Crippen LogP contribution in [0.4, 0.5) is 0 Å². The van der Waals surface area contributed by atoms with E-state index in [-0.39, 0.29) is 5.96 Å². The van der Waals surface area contributed by atoms with Crippen molar-refractivity contribution in [3.63, 3.8) is 0 Å². The van der Waals surface area contributed by atoms with Crippen LogP contribution in [0, 0.1) is 0 Å². The van der Waals surface area contributed by atoms with Crippen molar-refractivity contribution in [2.75, 3.05) is 12.8 Å². The van der Waals surface area contributed by atoms with Crippen LogP contribution in [0.3, 0.4) is 0 Å². The number of aromatic nitrogens is 3. The Labute approximate surface area is 179 Å². The van der Waals surface area contributed by atoms with Crippen LogP contribution >= 0.6 is 22.9 Å². The molecule has 4 rings (SSSR count). The molecular formula is C18H19ClN6O2S2. The van der Waals surface area contributed by atoms with E-state index in [1.807, 2.05) is 13.8 Å². The van der Waals surface area contributed by atoms with Gasteiger partial charge in [0.15, 0.2) is 5.76 Å². The normalized spacial score (nSPS) is 22.0. The predicted molar refractivity (Wildman–Crippen MR) is 115 cm³/mol. The molecule has 0 amide bonds. The van der Waals surface area contributed by atoms with Crippen LogP contribution in [0.1, 0.15) is 24.4 Å². The second kappa shape index (κ2) is 7.51. The van der Waals surface area contributed by atoms with Gasteiger partial charge in [-0.25, -0.2) is 19.2 Å². The zero-order chi connectivity index (χ0) is 20.8. The van der Waals surface area contributed by atoms with Crippen LogP contribution < -0.4 is 5.73 Å². The molecule has 29 heavy (non-hydrogen) atoms. The van der Waals surface area contributed by atoms with Crippen molar-refractivity contribution >= 4 is 39.9 Å². The van der Waals surface area contributed by atoms with Gasteiger partial charge in [-0.15, -0.1) is 11.3 Å². The van der Waals surface area contributed by atoms with Crippen molar-refractivity contribution < 1.29 is 8.63 Å². The quantitative estimate of drug-likeness (QED) is 0.653. The Hall–Kier alpha value is -2.30. The Bertz CT molecular complexity index is 1110. The van der Waals surface area contributed by atoms with Crippen LogP contribution in [0.15, 0.2) is 34.1 Å². The molecule has 11 heteroatoms. The molecule has 2 N–H and O–H groups in total. The summed E-state index contributed by atoms with van der Waals surface area (Å²) in [6.45, 7) is 3.88. The van der Waals surface area contributed by atoms with Gasteiger partial charge in [0.25, 0.3) is 0 Å². The topological polar surface area (TPSA) is 110 Å². The van der Waals surface area contributed by atoms with E-state index >= 15 is 0 Å². The van der Waals surface area contributed by atoms with E-state index in [1.165, 1.54) is 15.6 Å². The van der Waals surface area contributed by atoms with E-state index in [2.05, 4.69) is 19.9 Å². The third kappa shape index (κ3) is 3.56. The summed E-state index contributed by atoms with van der Waals surface area (Å²) in [5, 5.41) is 0.517. The maximum Gasteiger partial charge on any atom is 0.237 e. The summed E-state index contributed by atoms with van der Waals surface area (Å²) in [5.74, 6) is 1.56. The SMILES string of the molecule is CCc1nc(-c2cc(Cl)c(C3(C)CS(=O)N(C)C(N)=N3)s2)oc1-c1cnccn1. The van der Waals surface area contributed by atoms with Gasteiger partial charge in [0.05, 0.1) is 32.4 Å². The van der Waals surface area contributed by atoms with E-state index < -0.39 is 16.5 Å². The number of nitrogens with zero attached hydrogens (tertiary/aromatic N) is 5. The number of guanidine groups is 1. The van der Waals surface area contributed by atoms with Gasteiger partial charge in [0.2, 0.25) is 11.9 Å². The molecule has 0 bridgehead atoms. The van der Waals surface area contributed by atoms with Crippen molar-refractivity contribution in [2.45, 2.75) is 25.8 Å². The highest BCUT2D eigenvalue weighted by Gasteiger charge is 2.39. The number of oxazole rings is 1. The van der Waals surface area contributed by atoms with Gasteiger partial charge < -0.3 is 10.2 Å². The van der Waals surface area contributed by atoms with Crippen LogP contribution in [-0.4, -0.2) is 42.2 Å². The number of aryl methyl sites for hydroxylation is 1. The molecule has 8 nitrogen and oxygen atoms in total. The van der Waals surface area contributed by atoms with E-state index in [0.29, 0.717) is 34.5 Å². The first-order chi connectivity index (χ1) is 13.8. The maximum atomic E-state index is 12.4. The lowest BCUT2D eigenvalue weighted by Gasteiger charge is -2.33. The van der Waals surface area contributed by atoms with Crippen LogP contribution in [0.2, 0.25) is 5.02 Å². The minimum absolute atomic E-state index is 0.220. The summed E-state index contributed by atoms with van der Waals surface area (Å²) in [6.07, 6.45) is 5.55. The fraction of sp³-hybridized carbons (Fsp3) is 0.333. The van der Waals surface area contributed by atoms with Crippen LogP contribution in [0.25, 0.3) is 22.2 Å². The highest BCUT2D eigenvalue weighted by atomic mass is 35.5. The monoisotopic (exact) mass is 450 g/mol. The van der Waals surface area contributed by atoms with E-state index in [1.54, 1.807) is 31.7 Å². The maximum absolute atomic E-state index is 12.4. The van der Waals surface area contributed by atoms with E-state index in [9.17, 15) is 4.21 Å². The summed E-state index contributed by atoms with van der Waals surface area (Å²) in [6, 6.07) is 1.80. The summed E-state index contributed by atoms with van der Waals surface area (Å²) >= 11 is 7.95. The van der Waals surface area contributed by atoms with Crippen LogP contribution in [0.5, 0.6) is 0 Å². The molecule has 0 spiro atoms. The number of hydrogen-bond acceptors (Lipinski definition) is 8. The second-order valence-corrected chi connectivity index (χ2v) is 9.67. The number of aliphatic imine (C=N–C) groups is 1. The molecule has 1 aliphatic rings. The Kier molecular flexibility index (Phi) is 5.18. The summed E-state index contributed by atoms with van der Waals surface area (Å²) in [4.78, 5) is 19.1. The number of hydrogen-bond donors (Lipinski definition) is 1. The minimum Gasteiger partial charge on any atom is -0.433 e. The summed E-state index contributed by atoms with van der Waals surface area (Å²) in [7, 11) is 0.373. The Balaban J connectivity index is 1.76. The van der Waals surface area contributed by atoms with Gasteiger partial charge >= 0.3 is 0 Å². The van der Waals surface area contributed by atoms with Crippen molar-refractivity contribution in [2.24, 2.45) is 10.7 Å². The highest BCUT2D eigenvalue weighted by molar-refractivity contribution is 7.83. The van der Waals surface area contributed by atoms with Gasteiger partial charge in [0.1, 0.15) is 22.2 Å². The Morgan fingerprint density at radius 2 is 2.24 bits per heavy atom. The molecule has 0 saturated carbocycles.